The van der Waals surface area contributed by atoms with Crippen LogP contribution in [0.2, 0.25) is 0 Å². The zero-order chi connectivity index (χ0) is 13.2. The number of Topliss-reactive ketones (excluding diaryl/α,β-unsaturated/α-hetero) is 1. The van der Waals surface area contributed by atoms with E-state index in [0.29, 0.717) is 5.76 Å². The summed E-state index contributed by atoms with van der Waals surface area (Å²) in [6.07, 6.45) is 1.95. The molecule has 0 bridgehead atoms. The average Bonchev–Trinajstić information content (AvgIpc) is 2.85. The van der Waals surface area contributed by atoms with E-state index in [1.54, 1.807) is 12.3 Å². The molecule has 2 heterocycles. The third kappa shape index (κ3) is 2.27. The monoisotopic (exact) mass is 251 g/mol. The van der Waals surface area contributed by atoms with E-state index in [9.17, 15) is 4.79 Å². The Morgan fingerprint density at radius 2 is 2.11 bits per heavy atom. The van der Waals surface area contributed by atoms with Crippen LogP contribution in [0.1, 0.15) is 21.8 Å². The zero-order valence-corrected chi connectivity index (χ0v) is 10.6. The minimum atomic E-state index is -0.0469. The number of carbonyl (C=O) groups is 1. The van der Waals surface area contributed by atoms with E-state index in [-0.39, 0.29) is 12.2 Å². The molecule has 2 aromatic heterocycles. The first-order valence-electron chi connectivity index (χ1n) is 6.16. The van der Waals surface area contributed by atoms with E-state index >= 15 is 0 Å². The van der Waals surface area contributed by atoms with Gasteiger partial charge in [-0.3, -0.25) is 9.78 Å². The fourth-order valence-corrected chi connectivity index (χ4v) is 2.10. The maximum absolute atomic E-state index is 12.2. The van der Waals surface area contributed by atoms with E-state index in [1.807, 2.05) is 43.3 Å². The van der Waals surface area contributed by atoms with Crippen LogP contribution in [0.5, 0.6) is 0 Å². The summed E-state index contributed by atoms with van der Waals surface area (Å²) in [6, 6.07) is 13.2. The minimum absolute atomic E-state index is 0.0469. The molecule has 0 aliphatic rings. The van der Waals surface area contributed by atoms with Gasteiger partial charge < -0.3 is 4.42 Å². The van der Waals surface area contributed by atoms with Crippen molar-refractivity contribution in [2.75, 3.05) is 0 Å². The molecule has 3 rings (SSSR count). The maximum Gasteiger partial charge on any atom is 0.203 e. The number of nitrogens with zero attached hydrogens (tertiary/aromatic N) is 1. The van der Waals surface area contributed by atoms with E-state index in [1.165, 1.54) is 0 Å². The van der Waals surface area contributed by atoms with Crippen molar-refractivity contribution in [1.29, 1.82) is 0 Å². The van der Waals surface area contributed by atoms with Crippen molar-refractivity contribution in [2.24, 2.45) is 0 Å². The molecule has 0 spiro atoms. The van der Waals surface area contributed by atoms with Crippen LogP contribution in [0.3, 0.4) is 0 Å². The molecule has 0 unspecified atom stereocenters. The average molecular weight is 251 g/mol. The number of aryl methyl sites for hydroxylation is 1. The Kier molecular flexibility index (Phi) is 2.88. The van der Waals surface area contributed by atoms with Crippen molar-refractivity contribution in [3.63, 3.8) is 0 Å². The second kappa shape index (κ2) is 4.69. The van der Waals surface area contributed by atoms with E-state index in [2.05, 4.69) is 4.98 Å². The number of pyridine rings is 1. The van der Waals surface area contributed by atoms with E-state index < -0.39 is 0 Å². The summed E-state index contributed by atoms with van der Waals surface area (Å²) in [6.45, 7) is 1.97. The van der Waals surface area contributed by atoms with Crippen molar-refractivity contribution >= 4 is 16.8 Å². The van der Waals surface area contributed by atoms with Crippen molar-refractivity contribution < 1.29 is 9.21 Å². The van der Waals surface area contributed by atoms with Gasteiger partial charge in [0.2, 0.25) is 5.78 Å². The van der Waals surface area contributed by atoms with Gasteiger partial charge >= 0.3 is 0 Å². The second-order valence-electron chi connectivity index (χ2n) is 4.52. The van der Waals surface area contributed by atoms with Gasteiger partial charge in [-0.15, -0.1) is 0 Å². The highest BCUT2D eigenvalue weighted by Gasteiger charge is 2.14. The number of fused-ring (bicyclic) bond motifs is 1. The molecular weight excluding hydrogens is 238 g/mol. The van der Waals surface area contributed by atoms with Crippen molar-refractivity contribution in [3.05, 3.63) is 65.7 Å². The van der Waals surface area contributed by atoms with Crippen LogP contribution >= 0.6 is 0 Å². The Bertz CT molecular complexity index is 729. The van der Waals surface area contributed by atoms with Crippen LogP contribution in [-0.4, -0.2) is 10.8 Å². The molecule has 94 valence electrons. The fourth-order valence-electron chi connectivity index (χ4n) is 2.10. The number of hydrogen-bond acceptors (Lipinski definition) is 3. The number of aromatic nitrogens is 1. The van der Waals surface area contributed by atoms with Gasteiger partial charge in [0.1, 0.15) is 5.58 Å². The summed E-state index contributed by atoms with van der Waals surface area (Å²) in [7, 11) is 0. The van der Waals surface area contributed by atoms with Crippen LogP contribution in [0.15, 0.2) is 53.1 Å². The van der Waals surface area contributed by atoms with Crippen LogP contribution in [0, 0.1) is 6.92 Å². The lowest BCUT2D eigenvalue weighted by Crippen LogP contribution is -2.03. The van der Waals surface area contributed by atoms with Crippen LogP contribution < -0.4 is 0 Å². The SMILES string of the molecule is Cc1cccc2cc(C(=O)Cc3ccccn3)oc12. The van der Waals surface area contributed by atoms with Gasteiger partial charge in [0.15, 0.2) is 5.76 Å². The topological polar surface area (TPSA) is 43.1 Å². The van der Waals surface area contributed by atoms with Crippen LogP contribution in [-0.2, 0) is 6.42 Å². The Morgan fingerprint density at radius 1 is 1.21 bits per heavy atom. The molecule has 0 fully saturated rings. The number of furan rings is 1. The first-order chi connectivity index (χ1) is 9.24. The highest BCUT2D eigenvalue weighted by molar-refractivity contribution is 5.99. The predicted molar refractivity (Wildman–Crippen MR) is 73.2 cm³/mol. The number of ketones is 1. The highest BCUT2D eigenvalue weighted by Crippen LogP contribution is 2.23. The molecule has 19 heavy (non-hydrogen) atoms. The summed E-state index contributed by atoms with van der Waals surface area (Å²) in [4.78, 5) is 16.3. The molecule has 0 N–H and O–H groups in total. The molecule has 0 radical (unpaired) electrons. The van der Waals surface area contributed by atoms with Gasteiger partial charge in [0.25, 0.3) is 0 Å². The van der Waals surface area contributed by atoms with Crippen molar-refractivity contribution in [2.45, 2.75) is 13.3 Å². The molecule has 0 atom stereocenters. The smallest absolute Gasteiger partial charge is 0.203 e. The molecule has 3 aromatic rings. The van der Waals surface area contributed by atoms with Crippen LogP contribution in [0.4, 0.5) is 0 Å². The molecule has 0 amide bonds. The van der Waals surface area contributed by atoms with Gasteiger partial charge in [-0.2, -0.15) is 0 Å². The quantitative estimate of drug-likeness (QED) is 0.668. The van der Waals surface area contributed by atoms with E-state index in [0.717, 1.165) is 22.2 Å². The Hall–Kier alpha value is -2.42. The Balaban J connectivity index is 1.92. The second-order valence-corrected chi connectivity index (χ2v) is 4.52. The highest BCUT2D eigenvalue weighted by atomic mass is 16.3. The molecule has 0 saturated carbocycles. The normalized spacial score (nSPS) is 10.8. The van der Waals surface area contributed by atoms with Crippen molar-refractivity contribution in [3.8, 4) is 0 Å². The van der Waals surface area contributed by atoms with E-state index in [4.69, 9.17) is 4.42 Å². The molecule has 3 nitrogen and oxygen atoms in total. The number of para-hydroxylation sites is 1. The number of benzene rings is 1. The Labute approximate surface area is 110 Å². The van der Waals surface area contributed by atoms with Gasteiger partial charge in [-0.1, -0.05) is 24.3 Å². The number of carbonyl (C=O) groups excluding carboxylic acids is 1. The summed E-state index contributed by atoms with van der Waals surface area (Å²) in [5.74, 6) is 0.351. The van der Waals surface area contributed by atoms with Crippen LogP contribution in [0.25, 0.3) is 11.0 Å². The fraction of sp³-hybridized carbons (Fsp3) is 0.125. The summed E-state index contributed by atoms with van der Waals surface area (Å²) < 4.78 is 5.66. The van der Waals surface area contributed by atoms with Gasteiger partial charge in [-0.05, 0) is 30.7 Å². The zero-order valence-electron chi connectivity index (χ0n) is 10.6. The van der Waals surface area contributed by atoms with Gasteiger partial charge in [0.05, 0.1) is 6.42 Å². The Morgan fingerprint density at radius 3 is 2.84 bits per heavy atom. The van der Waals surface area contributed by atoms with Crippen molar-refractivity contribution in [1.82, 2.24) is 4.98 Å². The first-order valence-corrected chi connectivity index (χ1v) is 6.16. The molecule has 3 heteroatoms. The lowest BCUT2D eigenvalue weighted by atomic mass is 10.1. The van der Waals surface area contributed by atoms with Gasteiger partial charge in [-0.25, -0.2) is 0 Å². The molecule has 1 aromatic carbocycles. The molecular formula is C16H13NO2. The van der Waals surface area contributed by atoms with Gasteiger partial charge in [0, 0.05) is 17.3 Å². The number of hydrogen-bond donors (Lipinski definition) is 0. The largest absolute Gasteiger partial charge is 0.453 e. The first kappa shape index (κ1) is 11.7. The third-order valence-corrected chi connectivity index (χ3v) is 3.08. The summed E-state index contributed by atoms with van der Waals surface area (Å²) in [5, 5.41) is 0.962. The summed E-state index contributed by atoms with van der Waals surface area (Å²) in [5.41, 5.74) is 2.57. The third-order valence-electron chi connectivity index (χ3n) is 3.08. The minimum Gasteiger partial charge on any atom is -0.453 e. The summed E-state index contributed by atoms with van der Waals surface area (Å²) >= 11 is 0. The maximum atomic E-state index is 12.2. The lowest BCUT2D eigenvalue weighted by molar-refractivity contribution is 0.0967. The molecule has 0 aliphatic carbocycles. The lowest BCUT2D eigenvalue weighted by Gasteiger charge is -1.97. The number of rotatable bonds is 3. The molecule has 0 aliphatic heterocycles. The predicted octanol–water partition coefficient (Wildman–Crippen LogP) is 3.56. The molecule has 0 saturated heterocycles. The standard InChI is InChI=1S/C16H13NO2/c1-11-5-4-6-12-9-15(19-16(11)12)14(18)10-13-7-2-3-8-17-13/h2-9H,10H2,1H3.